The van der Waals surface area contributed by atoms with Crippen LogP contribution in [0.4, 0.5) is 4.39 Å². The lowest BCUT2D eigenvalue weighted by atomic mass is 10.3. The summed E-state index contributed by atoms with van der Waals surface area (Å²) in [7, 11) is 0. The lowest BCUT2D eigenvalue weighted by Crippen LogP contribution is -2.39. The molecule has 78 valence electrons. The first kappa shape index (κ1) is 10.9. The van der Waals surface area contributed by atoms with Crippen molar-refractivity contribution in [2.75, 3.05) is 26.2 Å². The Hall–Kier alpha value is -1.13. The van der Waals surface area contributed by atoms with Crippen molar-refractivity contribution in [2.45, 2.75) is 0 Å². The Bertz CT molecular complexity index is 214. The van der Waals surface area contributed by atoms with Gasteiger partial charge in [0.15, 0.2) is 0 Å². The molecule has 14 heavy (non-hydrogen) atoms. The zero-order valence-corrected chi connectivity index (χ0v) is 7.96. The summed E-state index contributed by atoms with van der Waals surface area (Å²) in [4.78, 5) is 0. The van der Waals surface area contributed by atoms with E-state index >= 15 is 0 Å². The topological polar surface area (TPSA) is 44.3 Å². The maximum Gasteiger partial charge on any atom is 0.123 e. The highest BCUT2D eigenvalue weighted by molar-refractivity contribution is 5.19. The Labute approximate surface area is 83.0 Å². The number of nitrogens with one attached hydrogen (secondary N) is 2. The first-order valence-corrected chi connectivity index (χ1v) is 4.65. The highest BCUT2D eigenvalue weighted by Gasteiger charge is 1.91. The van der Waals surface area contributed by atoms with E-state index in [1.54, 1.807) is 0 Å². The lowest BCUT2D eigenvalue weighted by molar-refractivity contribution is 0.473. The summed E-state index contributed by atoms with van der Waals surface area (Å²) in [5.74, 6) is -0.241. The van der Waals surface area contributed by atoms with Crippen LogP contribution in [0.5, 0.6) is 5.75 Å². The van der Waals surface area contributed by atoms with Crippen LogP contribution >= 0.6 is 0 Å². The number of piperazine rings is 1. The van der Waals surface area contributed by atoms with E-state index in [1.807, 2.05) is 0 Å². The second-order valence-electron chi connectivity index (χ2n) is 2.98. The van der Waals surface area contributed by atoms with E-state index in [2.05, 4.69) is 10.6 Å². The van der Waals surface area contributed by atoms with Crippen molar-refractivity contribution in [1.82, 2.24) is 10.6 Å². The van der Waals surface area contributed by atoms with Crippen LogP contribution in [0.3, 0.4) is 0 Å². The van der Waals surface area contributed by atoms with Gasteiger partial charge in [0.1, 0.15) is 11.6 Å². The second kappa shape index (κ2) is 6.34. The van der Waals surface area contributed by atoms with Crippen LogP contribution in [0.1, 0.15) is 0 Å². The summed E-state index contributed by atoms with van der Waals surface area (Å²) in [5, 5.41) is 15.0. The summed E-state index contributed by atoms with van der Waals surface area (Å²) >= 11 is 0. The van der Waals surface area contributed by atoms with Gasteiger partial charge in [-0.1, -0.05) is 0 Å². The van der Waals surface area contributed by atoms with Crippen molar-refractivity contribution in [3.05, 3.63) is 30.1 Å². The lowest BCUT2D eigenvalue weighted by Gasteiger charge is -2.11. The quantitative estimate of drug-likeness (QED) is 0.575. The molecule has 0 radical (unpaired) electrons. The number of aromatic hydroxyl groups is 1. The summed E-state index contributed by atoms with van der Waals surface area (Å²) in [5.41, 5.74) is 0. The van der Waals surface area contributed by atoms with Gasteiger partial charge in [-0.25, -0.2) is 4.39 Å². The minimum atomic E-state index is -0.331. The predicted molar refractivity (Wildman–Crippen MR) is 53.8 cm³/mol. The van der Waals surface area contributed by atoms with E-state index < -0.39 is 0 Å². The molecule has 0 saturated carbocycles. The molecule has 0 aromatic heterocycles. The first-order valence-electron chi connectivity index (χ1n) is 4.65. The number of benzene rings is 1. The van der Waals surface area contributed by atoms with Crippen molar-refractivity contribution >= 4 is 0 Å². The highest BCUT2D eigenvalue weighted by atomic mass is 19.1. The van der Waals surface area contributed by atoms with Crippen LogP contribution < -0.4 is 10.6 Å². The van der Waals surface area contributed by atoms with Gasteiger partial charge in [-0.15, -0.1) is 0 Å². The molecule has 0 atom stereocenters. The SMILES string of the molecule is C1CNCCN1.Oc1ccc(F)cc1. The Morgan fingerprint density at radius 3 is 1.64 bits per heavy atom. The molecule has 1 fully saturated rings. The molecule has 0 bridgehead atoms. The third-order valence-corrected chi connectivity index (χ3v) is 1.78. The number of hydrogen-bond donors (Lipinski definition) is 3. The Morgan fingerprint density at radius 2 is 1.36 bits per heavy atom. The van der Waals surface area contributed by atoms with E-state index in [4.69, 9.17) is 5.11 Å². The molecule has 1 aromatic carbocycles. The minimum Gasteiger partial charge on any atom is -0.508 e. The van der Waals surface area contributed by atoms with Gasteiger partial charge >= 0.3 is 0 Å². The van der Waals surface area contributed by atoms with Gasteiger partial charge in [0.05, 0.1) is 0 Å². The molecule has 0 amide bonds. The van der Waals surface area contributed by atoms with Gasteiger partial charge in [-0.05, 0) is 24.3 Å². The summed E-state index contributed by atoms with van der Waals surface area (Å²) in [6.07, 6.45) is 0. The molecule has 0 unspecified atom stereocenters. The Balaban J connectivity index is 0.000000146. The molecule has 4 heteroatoms. The summed E-state index contributed by atoms with van der Waals surface area (Å²) in [6.45, 7) is 4.56. The van der Waals surface area contributed by atoms with Crippen LogP contribution in [0.25, 0.3) is 0 Å². The molecular weight excluding hydrogens is 183 g/mol. The van der Waals surface area contributed by atoms with E-state index in [0.717, 1.165) is 26.2 Å². The molecule has 1 aromatic rings. The van der Waals surface area contributed by atoms with Gasteiger partial charge in [0.2, 0.25) is 0 Å². The second-order valence-corrected chi connectivity index (χ2v) is 2.98. The minimum absolute atomic E-state index is 0.0893. The van der Waals surface area contributed by atoms with Crippen molar-refractivity contribution in [1.29, 1.82) is 0 Å². The molecule has 1 aliphatic heterocycles. The third kappa shape index (κ3) is 4.79. The summed E-state index contributed by atoms with van der Waals surface area (Å²) < 4.78 is 12.0. The van der Waals surface area contributed by atoms with Gasteiger partial charge in [0, 0.05) is 26.2 Å². The van der Waals surface area contributed by atoms with Crippen molar-refractivity contribution in [3.63, 3.8) is 0 Å². The van der Waals surface area contributed by atoms with Crippen LogP contribution in [0.2, 0.25) is 0 Å². The van der Waals surface area contributed by atoms with Gasteiger partial charge in [-0.2, -0.15) is 0 Å². The normalized spacial score (nSPS) is 15.5. The molecule has 3 N–H and O–H groups in total. The smallest absolute Gasteiger partial charge is 0.123 e. The number of hydrogen-bond acceptors (Lipinski definition) is 3. The molecule has 1 aliphatic rings. The van der Waals surface area contributed by atoms with Crippen LogP contribution in [0.15, 0.2) is 24.3 Å². The fourth-order valence-corrected chi connectivity index (χ4v) is 1.04. The number of phenolic OH excluding ortho intramolecular Hbond substituents is 1. The van der Waals surface area contributed by atoms with E-state index in [1.165, 1.54) is 24.3 Å². The molecule has 0 aliphatic carbocycles. The number of halogens is 1. The number of phenols is 1. The molecule has 0 spiro atoms. The largest absolute Gasteiger partial charge is 0.508 e. The van der Waals surface area contributed by atoms with Crippen molar-refractivity contribution < 1.29 is 9.50 Å². The molecule has 2 rings (SSSR count). The standard InChI is InChI=1S/C6H5FO.C4H10N2/c7-5-1-3-6(8)4-2-5;1-2-6-4-3-5-1/h1-4,8H;5-6H,1-4H2. The molecule has 3 nitrogen and oxygen atoms in total. The van der Waals surface area contributed by atoms with E-state index in [-0.39, 0.29) is 11.6 Å². The van der Waals surface area contributed by atoms with Crippen LogP contribution in [0, 0.1) is 5.82 Å². The zero-order valence-electron chi connectivity index (χ0n) is 7.96. The highest BCUT2D eigenvalue weighted by Crippen LogP contribution is 2.06. The van der Waals surface area contributed by atoms with Crippen molar-refractivity contribution in [2.24, 2.45) is 0 Å². The fourth-order valence-electron chi connectivity index (χ4n) is 1.04. The monoisotopic (exact) mass is 198 g/mol. The molecule has 1 saturated heterocycles. The maximum atomic E-state index is 12.0. The zero-order chi connectivity index (χ0) is 10.2. The Kier molecular flexibility index (Phi) is 4.96. The van der Waals surface area contributed by atoms with Gasteiger partial charge in [-0.3, -0.25) is 0 Å². The third-order valence-electron chi connectivity index (χ3n) is 1.78. The van der Waals surface area contributed by atoms with Crippen molar-refractivity contribution in [3.8, 4) is 5.75 Å². The van der Waals surface area contributed by atoms with E-state index in [9.17, 15) is 4.39 Å². The van der Waals surface area contributed by atoms with Crippen LogP contribution in [-0.4, -0.2) is 31.3 Å². The Morgan fingerprint density at radius 1 is 0.929 bits per heavy atom. The molecule has 1 heterocycles. The average Bonchev–Trinajstić information content (AvgIpc) is 2.26. The van der Waals surface area contributed by atoms with E-state index in [0.29, 0.717) is 0 Å². The van der Waals surface area contributed by atoms with Gasteiger partial charge in [0.25, 0.3) is 0 Å². The summed E-state index contributed by atoms with van der Waals surface area (Å²) in [6, 6.07) is 5.01. The van der Waals surface area contributed by atoms with Crippen LogP contribution in [-0.2, 0) is 0 Å². The average molecular weight is 198 g/mol. The number of rotatable bonds is 0. The molecular formula is C10H15FN2O. The predicted octanol–water partition coefficient (Wildman–Crippen LogP) is 0.710. The maximum absolute atomic E-state index is 12.0. The fraction of sp³-hybridized carbons (Fsp3) is 0.400. The first-order chi connectivity index (χ1) is 6.79. The van der Waals surface area contributed by atoms with Gasteiger partial charge < -0.3 is 15.7 Å².